The van der Waals surface area contributed by atoms with E-state index < -0.39 is 0 Å². The van der Waals surface area contributed by atoms with Crippen LogP contribution >= 0.6 is 0 Å². The third-order valence-electron chi connectivity index (χ3n) is 4.76. The molecule has 4 rings (SSSR count). The van der Waals surface area contributed by atoms with Crippen molar-refractivity contribution in [2.45, 2.75) is 13.8 Å². The largest absolute Gasteiger partial charge is 0.497 e. The first-order valence-corrected chi connectivity index (χ1v) is 9.93. The van der Waals surface area contributed by atoms with Crippen LogP contribution in [-0.4, -0.2) is 22.1 Å². The minimum Gasteiger partial charge on any atom is -0.497 e. The van der Waals surface area contributed by atoms with Gasteiger partial charge in [0.2, 0.25) is 17.8 Å². The molecule has 0 saturated heterocycles. The molecular formula is C24H24N6O. The van der Waals surface area contributed by atoms with Gasteiger partial charge in [-0.25, -0.2) is 0 Å². The molecule has 0 aliphatic rings. The Balaban J connectivity index is 1.67. The number of methoxy groups -OCH3 is 1. The lowest BCUT2D eigenvalue weighted by Gasteiger charge is -2.13. The predicted molar refractivity (Wildman–Crippen MR) is 125 cm³/mol. The first-order chi connectivity index (χ1) is 15.1. The van der Waals surface area contributed by atoms with Gasteiger partial charge in [0, 0.05) is 17.1 Å². The molecule has 0 atom stereocenters. The van der Waals surface area contributed by atoms with Gasteiger partial charge in [0.05, 0.1) is 7.11 Å². The number of hydrogen-bond acceptors (Lipinski definition) is 7. The fourth-order valence-electron chi connectivity index (χ4n) is 3.01. The van der Waals surface area contributed by atoms with Crippen molar-refractivity contribution in [1.29, 1.82) is 0 Å². The molecule has 7 heteroatoms. The molecule has 0 radical (unpaired) electrons. The number of nitrogens with one attached hydrogen (secondary N) is 3. The van der Waals surface area contributed by atoms with E-state index in [1.807, 2.05) is 86.6 Å². The molecule has 1 aromatic heterocycles. The first kappa shape index (κ1) is 20.2. The molecule has 0 aliphatic heterocycles. The Morgan fingerprint density at radius 2 is 1.03 bits per heavy atom. The molecule has 3 aromatic carbocycles. The fraction of sp³-hybridized carbons (Fsp3) is 0.125. The van der Waals surface area contributed by atoms with Crippen molar-refractivity contribution in [3.8, 4) is 5.75 Å². The summed E-state index contributed by atoms with van der Waals surface area (Å²) in [6.45, 7) is 4.07. The quantitative estimate of drug-likeness (QED) is 0.357. The molecule has 0 unspecified atom stereocenters. The number of aromatic nitrogens is 3. The van der Waals surface area contributed by atoms with E-state index in [-0.39, 0.29) is 0 Å². The molecule has 0 amide bonds. The highest BCUT2D eigenvalue weighted by atomic mass is 16.5. The maximum absolute atomic E-state index is 5.22. The third kappa shape index (κ3) is 5.08. The van der Waals surface area contributed by atoms with Gasteiger partial charge in [-0.05, 0) is 61.4 Å². The maximum atomic E-state index is 5.22. The van der Waals surface area contributed by atoms with Crippen LogP contribution in [0.4, 0.5) is 34.9 Å². The second kappa shape index (κ2) is 9.13. The highest BCUT2D eigenvalue weighted by molar-refractivity contribution is 5.64. The average molecular weight is 412 g/mol. The second-order valence-electron chi connectivity index (χ2n) is 7.04. The van der Waals surface area contributed by atoms with Crippen LogP contribution in [0.1, 0.15) is 11.1 Å². The summed E-state index contributed by atoms with van der Waals surface area (Å²) in [5.74, 6) is 2.09. The summed E-state index contributed by atoms with van der Waals surface area (Å²) in [5, 5.41) is 9.83. The van der Waals surface area contributed by atoms with Crippen molar-refractivity contribution in [3.63, 3.8) is 0 Å². The van der Waals surface area contributed by atoms with Crippen molar-refractivity contribution in [3.05, 3.63) is 83.9 Å². The summed E-state index contributed by atoms with van der Waals surface area (Å²) in [6.07, 6.45) is 0. The van der Waals surface area contributed by atoms with Gasteiger partial charge in [-0.2, -0.15) is 15.0 Å². The maximum Gasteiger partial charge on any atom is 0.233 e. The molecule has 7 nitrogen and oxygen atoms in total. The van der Waals surface area contributed by atoms with E-state index in [1.165, 1.54) is 0 Å². The van der Waals surface area contributed by atoms with Gasteiger partial charge >= 0.3 is 0 Å². The summed E-state index contributed by atoms with van der Waals surface area (Å²) >= 11 is 0. The van der Waals surface area contributed by atoms with Crippen molar-refractivity contribution in [2.75, 3.05) is 23.1 Å². The van der Waals surface area contributed by atoms with E-state index >= 15 is 0 Å². The third-order valence-corrected chi connectivity index (χ3v) is 4.76. The van der Waals surface area contributed by atoms with E-state index in [9.17, 15) is 0 Å². The number of para-hydroxylation sites is 2. The molecule has 0 fully saturated rings. The van der Waals surface area contributed by atoms with Gasteiger partial charge in [0.15, 0.2) is 0 Å². The molecule has 31 heavy (non-hydrogen) atoms. The van der Waals surface area contributed by atoms with Crippen LogP contribution in [0.15, 0.2) is 72.8 Å². The molecule has 0 spiro atoms. The highest BCUT2D eigenvalue weighted by Gasteiger charge is 2.10. The van der Waals surface area contributed by atoms with Crippen LogP contribution in [0.3, 0.4) is 0 Å². The Hall–Kier alpha value is -4.13. The zero-order valence-corrected chi connectivity index (χ0v) is 17.7. The number of ether oxygens (including phenoxy) is 1. The standard InChI is InChI=1S/C24H24N6O/c1-16-8-4-6-10-20(16)26-23-28-22(25-18-12-14-19(31-3)15-13-18)29-24(30-23)27-21-11-7-5-9-17(21)2/h4-15H,1-3H3,(H3,25,26,27,28,29,30). The lowest BCUT2D eigenvalue weighted by atomic mass is 10.2. The smallest absolute Gasteiger partial charge is 0.233 e. The monoisotopic (exact) mass is 412 g/mol. The van der Waals surface area contributed by atoms with Crippen molar-refractivity contribution in [2.24, 2.45) is 0 Å². The minimum atomic E-state index is 0.423. The molecule has 1 heterocycles. The number of nitrogens with zero attached hydrogens (tertiary/aromatic N) is 3. The van der Waals surface area contributed by atoms with Crippen LogP contribution in [-0.2, 0) is 0 Å². The lowest BCUT2D eigenvalue weighted by molar-refractivity contribution is 0.415. The van der Waals surface area contributed by atoms with Gasteiger partial charge in [-0.3, -0.25) is 0 Å². The Kier molecular flexibility index (Phi) is 5.93. The lowest BCUT2D eigenvalue weighted by Crippen LogP contribution is -2.08. The number of anilines is 6. The Bertz CT molecular complexity index is 1110. The van der Waals surface area contributed by atoms with Gasteiger partial charge in [0.1, 0.15) is 5.75 Å². The number of hydrogen-bond donors (Lipinski definition) is 3. The van der Waals surface area contributed by atoms with Gasteiger partial charge in [0.25, 0.3) is 0 Å². The Morgan fingerprint density at radius 3 is 1.48 bits per heavy atom. The van der Waals surface area contributed by atoms with Gasteiger partial charge < -0.3 is 20.7 Å². The molecule has 3 N–H and O–H groups in total. The summed E-state index contributed by atoms with van der Waals surface area (Å²) in [6, 6.07) is 23.6. The first-order valence-electron chi connectivity index (χ1n) is 9.93. The molecule has 4 aromatic rings. The van der Waals surface area contributed by atoms with E-state index in [0.717, 1.165) is 33.9 Å². The average Bonchev–Trinajstić information content (AvgIpc) is 2.77. The van der Waals surface area contributed by atoms with Crippen LogP contribution in [0.5, 0.6) is 5.75 Å². The zero-order valence-electron chi connectivity index (χ0n) is 17.7. The predicted octanol–water partition coefficient (Wildman–Crippen LogP) is 5.73. The van der Waals surface area contributed by atoms with Crippen LogP contribution in [0.25, 0.3) is 0 Å². The van der Waals surface area contributed by atoms with Gasteiger partial charge in [-0.15, -0.1) is 0 Å². The summed E-state index contributed by atoms with van der Waals surface area (Å²) in [4.78, 5) is 13.7. The fourth-order valence-corrected chi connectivity index (χ4v) is 3.01. The van der Waals surface area contributed by atoms with Crippen molar-refractivity contribution in [1.82, 2.24) is 15.0 Å². The van der Waals surface area contributed by atoms with Crippen molar-refractivity contribution >= 4 is 34.9 Å². The molecule has 0 saturated carbocycles. The van der Waals surface area contributed by atoms with E-state index in [2.05, 4.69) is 30.9 Å². The van der Waals surface area contributed by atoms with Crippen LogP contribution < -0.4 is 20.7 Å². The molecule has 156 valence electrons. The van der Waals surface area contributed by atoms with Crippen LogP contribution in [0.2, 0.25) is 0 Å². The number of aryl methyl sites for hydroxylation is 2. The van der Waals surface area contributed by atoms with Crippen LogP contribution in [0, 0.1) is 13.8 Å². The summed E-state index contributed by atoms with van der Waals surface area (Å²) in [7, 11) is 1.64. The Morgan fingerprint density at radius 1 is 0.581 bits per heavy atom. The molecule has 0 bridgehead atoms. The van der Waals surface area contributed by atoms with E-state index in [1.54, 1.807) is 7.11 Å². The zero-order chi connectivity index (χ0) is 21.6. The summed E-state index contributed by atoms with van der Waals surface area (Å²) < 4.78 is 5.22. The normalized spacial score (nSPS) is 10.4. The molecular weight excluding hydrogens is 388 g/mol. The van der Waals surface area contributed by atoms with Crippen molar-refractivity contribution < 1.29 is 4.74 Å². The van der Waals surface area contributed by atoms with Gasteiger partial charge in [-0.1, -0.05) is 36.4 Å². The topological polar surface area (TPSA) is 84.0 Å². The second-order valence-corrected chi connectivity index (χ2v) is 7.04. The Labute approximate surface area is 181 Å². The van der Waals surface area contributed by atoms with E-state index in [0.29, 0.717) is 17.8 Å². The molecule has 0 aliphatic carbocycles. The number of rotatable bonds is 7. The number of benzene rings is 3. The highest BCUT2D eigenvalue weighted by Crippen LogP contribution is 2.24. The van der Waals surface area contributed by atoms with E-state index in [4.69, 9.17) is 4.74 Å². The minimum absolute atomic E-state index is 0.423. The summed E-state index contributed by atoms with van der Waals surface area (Å²) in [5.41, 5.74) is 4.91. The SMILES string of the molecule is COc1ccc(Nc2nc(Nc3ccccc3C)nc(Nc3ccccc3C)n2)cc1.